The summed E-state index contributed by atoms with van der Waals surface area (Å²) in [5.74, 6) is -1.39. The number of nitrogens with zero attached hydrogens (tertiary/aromatic N) is 2. The van der Waals surface area contributed by atoms with Gasteiger partial charge in [0.1, 0.15) is 11.8 Å². The Labute approximate surface area is 155 Å². The number of aromatic nitrogens is 1. The van der Waals surface area contributed by atoms with Gasteiger partial charge in [0, 0.05) is 28.1 Å². The summed E-state index contributed by atoms with van der Waals surface area (Å²) < 4.78 is 6.44. The summed E-state index contributed by atoms with van der Waals surface area (Å²) in [5, 5.41) is 19.2. The van der Waals surface area contributed by atoms with Crippen LogP contribution in [0, 0.1) is 17.2 Å². The molecule has 0 aliphatic heterocycles. The molecule has 0 amide bonds. The number of benzene rings is 1. The third-order valence-corrected chi connectivity index (χ3v) is 4.31. The van der Waals surface area contributed by atoms with Crippen molar-refractivity contribution in [2.45, 2.75) is 13.0 Å². The smallest absolute Gasteiger partial charge is 0.327 e. The number of ether oxygens (including phenoxy) is 1. The van der Waals surface area contributed by atoms with Crippen molar-refractivity contribution >= 4 is 17.6 Å². The van der Waals surface area contributed by atoms with Crippen LogP contribution in [0.2, 0.25) is 5.02 Å². The van der Waals surface area contributed by atoms with E-state index in [0.717, 1.165) is 4.57 Å². The Morgan fingerprint density at radius 2 is 2.12 bits per heavy atom. The van der Waals surface area contributed by atoms with Crippen molar-refractivity contribution in [3.8, 4) is 22.9 Å². The lowest BCUT2D eigenvalue weighted by molar-refractivity contribution is -0.142. The molecule has 0 aliphatic carbocycles. The van der Waals surface area contributed by atoms with E-state index in [9.17, 15) is 20.0 Å². The summed E-state index contributed by atoms with van der Waals surface area (Å²) in [6.45, 7) is 5.25. The van der Waals surface area contributed by atoms with Gasteiger partial charge in [-0.2, -0.15) is 5.26 Å². The van der Waals surface area contributed by atoms with E-state index in [1.54, 1.807) is 25.1 Å². The highest BCUT2D eigenvalue weighted by Crippen LogP contribution is 2.33. The fourth-order valence-electron chi connectivity index (χ4n) is 2.68. The second-order valence-corrected chi connectivity index (χ2v) is 6.12. The van der Waals surface area contributed by atoms with Crippen LogP contribution in [0.25, 0.3) is 11.1 Å². The maximum Gasteiger partial charge on any atom is 0.327 e. The van der Waals surface area contributed by atoms with Gasteiger partial charge in [-0.15, -0.1) is 6.58 Å². The minimum absolute atomic E-state index is 0.255. The van der Waals surface area contributed by atoms with Crippen molar-refractivity contribution in [1.82, 2.24) is 4.57 Å². The first-order chi connectivity index (χ1) is 12.3. The topological polar surface area (TPSA) is 92.3 Å². The van der Waals surface area contributed by atoms with Gasteiger partial charge < -0.3 is 9.84 Å². The SMILES string of the molecule is C=CC(C)C(C(=O)O)n1cc(OC)c(-c2cc(Cl)ccc2C#N)cc1=O. The minimum atomic E-state index is -1.16. The zero-order valence-corrected chi connectivity index (χ0v) is 15.0. The van der Waals surface area contributed by atoms with Gasteiger partial charge in [0.15, 0.2) is 0 Å². The van der Waals surface area contributed by atoms with E-state index in [4.69, 9.17) is 16.3 Å². The van der Waals surface area contributed by atoms with Gasteiger partial charge in [0.05, 0.1) is 24.9 Å². The number of hydrogen-bond acceptors (Lipinski definition) is 4. The molecule has 0 spiro atoms. The first kappa shape index (κ1) is 19.3. The predicted molar refractivity (Wildman–Crippen MR) is 98.4 cm³/mol. The fraction of sp³-hybridized carbons (Fsp3) is 0.211. The Bertz CT molecular complexity index is 959. The molecule has 1 aromatic heterocycles. The van der Waals surface area contributed by atoms with E-state index < -0.39 is 23.5 Å². The molecule has 26 heavy (non-hydrogen) atoms. The molecule has 2 unspecified atom stereocenters. The Morgan fingerprint density at radius 1 is 1.42 bits per heavy atom. The van der Waals surface area contributed by atoms with Gasteiger partial charge in [-0.25, -0.2) is 4.79 Å². The molecule has 134 valence electrons. The molecular weight excluding hydrogens is 356 g/mol. The van der Waals surface area contributed by atoms with Crippen LogP contribution in [0.1, 0.15) is 18.5 Å². The van der Waals surface area contributed by atoms with Crippen molar-refractivity contribution in [2.24, 2.45) is 5.92 Å². The molecule has 0 saturated heterocycles. The Balaban J connectivity index is 2.75. The van der Waals surface area contributed by atoms with Gasteiger partial charge in [0.2, 0.25) is 0 Å². The van der Waals surface area contributed by atoms with E-state index in [1.165, 1.54) is 25.4 Å². The standard InChI is InChI=1S/C19H17ClN2O4/c1-4-11(2)18(19(24)25)22-10-16(26-3)15(8-17(22)23)14-7-13(20)6-5-12(14)9-21/h4-8,10-11,18H,1H2,2-3H3,(H,24,25). The molecule has 2 rings (SSSR count). The number of allylic oxidation sites excluding steroid dienone is 1. The van der Waals surface area contributed by atoms with E-state index >= 15 is 0 Å². The van der Waals surface area contributed by atoms with Crippen LogP contribution < -0.4 is 10.3 Å². The van der Waals surface area contributed by atoms with Crippen LogP contribution in [0.3, 0.4) is 0 Å². The van der Waals surface area contributed by atoms with Crippen molar-refractivity contribution in [3.63, 3.8) is 0 Å². The van der Waals surface area contributed by atoms with Gasteiger partial charge in [0.25, 0.3) is 5.56 Å². The number of hydrogen-bond donors (Lipinski definition) is 1. The van der Waals surface area contributed by atoms with Crippen LogP contribution in [0.15, 0.2) is 47.9 Å². The van der Waals surface area contributed by atoms with Crippen LogP contribution >= 0.6 is 11.6 Å². The van der Waals surface area contributed by atoms with Crippen LogP contribution in [0.5, 0.6) is 5.75 Å². The lowest BCUT2D eigenvalue weighted by Crippen LogP contribution is -2.33. The number of pyridine rings is 1. The summed E-state index contributed by atoms with van der Waals surface area (Å²) in [6.07, 6.45) is 2.80. The number of halogens is 1. The Hall–Kier alpha value is -3.04. The van der Waals surface area contributed by atoms with Gasteiger partial charge >= 0.3 is 5.97 Å². The normalized spacial score (nSPS) is 12.7. The van der Waals surface area contributed by atoms with Crippen molar-refractivity contribution in [1.29, 1.82) is 5.26 Å². The molecule has 2 aromatic rings. The number of nitriles is 1. The summed E-state index contributed by atoms with van der Waals surface area (Å²) >= 11 is 6.02. The first-order valence-electron chi connectivity index (χ1n) is 7.69. The second kappa shape index (κ2) is 7.89. The van der Waals surface area contributed by atoms with Gasteiger partial charge in [-0.05, 0) is 18.2 Å². The summed E-state index contributed by atoms with van der Waals surface area (Å²) in [7, 11) is 1.40. The van der Waals surface area contributed by atoms with E-state index in [-0.39, 0.29) is 5.75 Å². The molecule has 7 heteroatoms. The number of rotatable bonds is 6. The van der Waals surface area contributed by atoms with Crippen molar-refractivity contribution in [2.75, 3.05) is 7.11 Å². The molecule has 6 nitrogen and oxygen atoms in total. The monoisotopic (exact) mass is 372 g/mol. The minimum Gasteiger partial charge on any atom is -0.495 e. The molecule has 0 radical (unpaired) electrons. The summed E-state index contributed by atoms with van der Waals surface area (Å²) in [5.41, 5.74) is 0.581. The molecule has 1 heterocycles. The second-order valence-electron chi connectivity index (χ2n) is 5.68. The van der Waals surface area contributed by atoms with E-state index in [2.05, 4.69) is 6.58 Å². The molecule has 1 N–H and O–H groups in total. The quantitative estimate of drug-likeness (QED) is 0.783. The van der Waals surface area contributed by atoms with Gasteiger partial charge in [-0.1, -0.05) is 24.6 Å². The highest BCUT2D eigenvalue weighted by atomic mass is 35.5. The number of carboxylic acid groups (broad SMARTS) is 1. The lowest BCUT2D eigenvalue weighted by atomic mass is 9.99. The fourth-order valence-corrected chi connectivity index (χ4v) is 2.85. The zero-order valence-electron chi connectivity index (χ0n) is 14.3. The number of carbonyl (C=O) groups is 1. The molecule has 0 aliphatic rings. The average molecular weight is 373 g/mol. The lowest BCUT2D eigenvalue weighted by Gasteiger charge is -2.21. The van der Waals surface area contributed by atoms with E-state index in [0.29, 0.717) is 21.7 Å². The molecule has 0 fully saturated rings. The van der Waals surface area contributed by atoms with Crippen molar-refractivity contribution in [3.05, 3.63) is 64.1 Å². The molecule has 0 saturated carbocycles. The summed E-state index contributed by atoms with van der Waals surface area (Å²) in [4.78, 5) is 24.3. The maximum atomic E-state index is 12.6. The van der Waals surface area contributed by atoms with Crippen molar-refractivity contribution < 1.29 is 14.6 Å². The third-order valence-electron chi connectivity index (χ3n) is 4.08. The molecule has 1 aromatic carbocycles. The van der Waals surface area contributed by atoms with Crippen LogP contribution in [0.4, 0.5) is 0 Å². The maximum absolute atomic E-state index is 12.6. The number of carboxylic acids is 1. The van der Waals surface area contributed by atoms with Crippen LogP contribution in [-0.4, -0.2) is 22.8 Å². The number of aliphatic carboxylic acids is 1. The Morgan fingerprint density at radius 3 is 2.65 bits per heavy atom. The molecule has 2 atom stereocenters. The molecule has 0 bridgehead atoms. The first-order valence-corrected chi connectivity index (χ1v) is 8.07. The third kappa shape index (κ3) is 3.63. The molecular formula is C19H17ClN2O4. The zero-order chi connectivity index (χ0) is 19.4. The Kier molecular flexibility index (Phi) is 5.86. The summed E-state index contributed by atoms with van der Waals surface area (Å²) in [6, 6.07) is 6.84. The highest BCUT2D eigenvalue weighted by molar-refractivity contribution is 6.31. The average Bonchev–Trinajstić information content (AvgIpc) is 2.62. The van der Waals surface area contributed by atoms with Gasteiger partial charge in [-0.3, -0.25) is 9.36 Å². The largest absolute Gasteiger partial charge is 0.495 e. The van der Waals surface area contributed by atoms with Crippen LogP contribution in [-0.2, 0) is 4.79 Å². The highest BCUT2D eigenvalue weighted by Gasteiger charge is 2.27. The van der Waals surface area contributed by atoms with E-state index in [1.807, 2.05) is 6.07 Å². The number of methoxy groups -OCH3 is 1. The predicted octanol–water partition coefficient (Wildman–Crippen LogP) is 3.50.